The summed E-state index contributed by atoms with van der Waals surface area (Å²) < 4.78 is 5.21. The van der Waals surface area contributed by atoms with Gasteiger partial charge in [0.15, 0.2) is 0 Å². The van der Waals surface area contributed by atoms with Crippen molar-refractivity contribution in [2.45, 2.75) is 30.8 Å². The van der Waals surface area contributed by atoms with Crippen LogP contribution in [0.1, 0.15) is 24.3 Å². The summed E-state index contributed by atoms with van der Waals surface area (Å²) in [6, 6.07) is 9.74. The standard InChI is InChI=1S/C14H20N2O/c1-17-10-4-2-9(3-5-10)14-11(8-15)12-6-7-13(14)16-12/h2-5,11-14,16H,6-8,15H2,1H3. The highest BCUT2D eigenvalue weighted by molar-refractivity contribution is 5.33. The van der Waals surface area contributed by atoms with Gasteiger partial charge in [0.05, 0.1) is 7.11 Å². The molecule has 0 spiro atoms. The van der Waals surface area contributed by atoms with Gasteiger partial charge in [0.2, 0.25) is 0 Å². The molecule has 0 aliphatic carbocycles. The summed E-state index contributed by atoms with van der Waals surface area (Å²) in [5.74, 6) is 2.11. The predicted molar refractivity (Wildman–Crippen MR) is 68.2 cm³/mol. The van der Waals surface area contributed by atoms with Gasteiger partial charge in [-0.25, -0.2) is 0 Å². The van der Waals surface area contributed by atoms with Gasteiger partial charge >= 0.3 is 0 Å². The largest absolute Gasteiger partial charge is 0.497 e. The summed E-state index contributed by atoms with van der Waals surface area (Å²) in [6.07, 6.45) is 2.58. The molecule has 2 saturated heterocycles. The van der Waals surface area contributed by atoms with Gasteiger partial charge in [0, 0.05) is 18.0 Å². The molecular formula is C14H20N2O. The number of hydrogen-bond donors (Lipinski definition) is 2. The highest BCUT2D eigenvalue weighted by Crippen LogP contribution is 2.44. The van der Waals surface area contributed by atoms with Crippen molar-refractivity contribution in [3.8, 4) is 5.75 Å². The molecular weight excluding hydrogens is 212 g/mol. The lowest BCUT2D eigenvalue weighted by atomic mass is 9.75. The lowest BCUT2D eigenvalue weighted by Crippen LogP contribution is -2.31. The van der Waals surface area contributed by atoms with Crippen LogP contribution in [0.5, 0.6) is 5.75 Å². The van der Waals surface area contributed by atoms with Gasteiger partial charge in [-0.2, -0.15) is 0 Å². The van der Waals surface area contributed by atoms with Crippen LogP contribution in [0.2, 0.25) is 0 Å². The molecule has 1 aromatic carbocycles. The summed E-state index contributed by atoms with van der Waals surface area (Å²) in [7, 11) is 1.71. The van der Waals surface area contributed by atoms with Crippen molar-refractivity contribution in [3.63, 3.8) is 0 Å². The molecule has 2 fully saturated rings. The number of hydrogen-bond acceptors (Lipinski definition) is 3. The Kier molecular flexibility index (Phi) is 2.81. The molecule has 4 atom stereocenters. The van der Waals surface area contributed by atoms with Gasteiger partial charge in [-0.05, 0) is 43.0 Å². The second-order valence-corrected chi connectivity index (χ2v) is 5.16. The normalized spacial score (nSPS) is 35.2. The first-order valence-electron chi connectivity index (χ1n) is 6.43. The molecule has 92 valence electrons. The van der Waals surface area contributed by atoms with Crippen molar-refractivity contribution in [2.75, 3.05) is 13.7 Å². The maximum atomic E-state index is 5.94. The third kappa shape index (κ3) is 1.74. The third-order valence-electron chi connectivity index (χ3n) is 4.40. The van der Waals surface area contributed by atoms with Crippen molar-refractivity contribution in [1.29, 1.82) is 0 Å². The fourth-order valence-electron chi connectivity index (χ4n) is 3.59. The van der Waals surface area contributed by atoms with Gasteiger partial charge in [-0.1, -0.05) is 12.1 Å². The van der Waals surface area contributed by atoms with Crippen LogP contribution >= 0.6 is 0 Å². The Morgan fingerprint density at radius 2 is 1.94 bits per heavy atom. The van der Waals surface area contributed by atoms with Crippen LogP contribution in [0, 0.1) is 5.92 Å². The zero-order valence-corrected chi connectivity index (χ0v) is 10.2. The van der Waals surface area contributed by atoms with Crippen molar-refractivity contribution < 1.29 is 4.74 Å². The highest BCUT2D eigenvalue weighted by Gasteiger charge is 2.46. The molecule has 2 heterocycles. The average Bonchev–Trinajstić information content (AvgIpc) is 2.98. The number of fused-ring (bicyclic) bond motifs is 2. The highest BCUT2D eigenvalue weighted by atomic mass is 16.5. The fourth-order valence-corrected chi connectivity index (χ4v) is 3.59. The second kappa shape index (κ2) is 4.31. The van der Waals surface area contributed by atoms with Gasteiger partial charge in [-0.3, -0.25) is 0 Å². The molecule has 3 rings (SSSR count). The van der Waals surface area contributed by atoms with Crippen LogP contribution in [-0.4, -0.2) is 25.7 Å². The molecule has 0 aromatic heterocycles. The van der Waals surface area contributed by atoms with Crippen LogP contribution in [0.15, 0.2) is 24.3 Å². The Labute approximate surface area is 102 Å². The summed E-state index contributed by atoms with van der Waals surface area (Å²) in [5.41, 5.74) is 7.34. The van der Waals surface area contributed by atoms with E-state index in [1.807, 2.05) is 0 Å². The lowest BCUT2D eigenvalue weighted by Gasteiger charge is -2.28. The first-order valence-corrected chi connectivity index (χ1v) is 6.43. The zero-order valence-electron chi connectivity index (χ0n) is 10.2. The summed E-state index contributed by atoms with van der Waals surface area (Å²) in [4.78, 5) is 0. The fraction of sp³-hybridized carbons (Fsp3) is 0.571. The number of methoxy groups -OCH3 is 1. The summed E-state index contributed by atoms with van der Waals surface area (Å²) in [5, 5.41) is 3.69. The zero-order chi connectivity index (χ0) is 11.8. The Morgan fingerprint density at radius 1 is 1.24 bits per heavy atom. The SMILES string of the molecule is COc1ccc(C2C3CCC(N3)C2CN)cc1. The van der Waals surface area contributed by atoms with Crippen LogP contribution < -0.4 is 15.8 Å². The Balaban J connectivity index is 1.87. The van der Waals surface area contributed by atoms with E-state index in [2.05, 4.69) is 29.6 Å². The van der Waals surface area contributed by atoms with Crippen LogP contribution in [0.4, 0.5) is 0 Å². The summed E-state index contributed by atoms with van der Waals surface area (Å²) in [6.45, 7) is 0.783. The molecule has 3 nitrogen and oxygen atoms in total. The maximum absolute atomic E-state index is 5.94. The van der Waals surface area contributed by atoms with E-state index in [0.29, 0.717) is 23.9 Å². The Bertz CT molecular complexity index is 390. The van der Waals surface area contributed by atoms with E-state index < -0.39 is 0 Å². The van der Waals surface area contributed by atoms with E-state index in [0.717, 1.165) is 12.3 Å². The minimum Gasteiger partial charge on any atom is -0.497 e. The van der Waals surface area contributed by atoms with Gasteiger partial charge in [-0.15, -0.1) is 0 Å². The second-order valence-electron chi connectivity index (χ2n) is 5.16. The number of rotatable bonds is 3. The molecule has 4 unspecified atom stereocenters. The smallest absolute Gasteiger partial charge is 0.118 e. The maximum Gasteiger partial charge on any atom is 0.118 e. The summed E-state index contributed by atoms with van der Waals surface area (Å²) >= 11 is 0. The molecule has 1 aromatic rings. The van der Waals surface area contributed by atoms with E-state index in [9.17, 15) is 0 Å². The Morgan fingerprint density at radius 3 is 2.59 bits per heavy atom. The van der Waals surface area contributed by atoms with Crippen molar-refractivity contribution in [2.24, 2.45) is 11.7 Å². The number of benzene rings is 1. The number of nitrogens with two attached hydrogens (primary N) is 1. The quantitative estimate of drug-likeness (QED) is 0.830. The monoisotopic (exact) mass is 232 g/mol. The predicted octanol–water partition coefficient (Wildman–Crippen LogP) is 1.49. The van der Waals surface area contributed by atoms with E-state index in [1.54, 1.807) is 7.11 Å². The van der Waals surface area contributed by atoms with Crippen molar-refractivity contribution >= 4 is 0 Å². The van der Waals surface area contributed by atoms with Gasteiger partial charge in [0.25, 0.3) is 0 Å². The number of ether oxygens (including phenoxy) is 1. The average molecular weight is 232 g/mol. The van der Waals surface area contributed by atoms with E-state index in [1.165, 1.54) is 18.4 Å². The molecule has 3 heteroatoms. The van der Waals surface area contributed by atoms with Crippen molar-refractivity contribution in [3.05, 3.63) is 29.8 Å². The number of nitrogens with one attached hydrogen (secondary N) is 1. The van der Waals surface area contributed by atoms with E-state index >= 15 is 0 Å². The molecule has 2 aliphatic rings. The molecule has 2 aliphatic heterocycles. The molecule has 0 saturated carbocycles. The van der Waals surface area contributed by atoms with Crippen LogP contribution in [0.3, 0.4) is 0 Å². The van der Waals surface area contributed by atoms with E-state index in [4.69, 9.17) is 10.5 Å². The van der Waals surface area contributed by atoms with Crippen LogP contribution in [0.25, 0.3) is 0 Å². The van der Waals surface area contributed by atoms with Crippen molar-refractivity contribution in [1.82, 2.24) is 5.32 Å². The van der Waals surface area contributed by atoms with Gasteiger partial charge < -0.3 is 15.8 Å². The molecule has 3 N–H and O–H groups in total. The first kappa shape index (κ1) is 11.1. The molecule has 0 amide bonds. The Hall–Kier alpha value is -1.06. The third-order valence-corrected chi connectivity index (χ3v) is 4.40. The van der Waals surface area contributed by atoms with Crippen LogP contribution in [-0.2, 0) is 0 Å². The van der Waals surface area contributed by atoms with Gasteiger partial charge in [0.1, 0.15) is 5.75 Å². The minimum absolute atomic E-state index is 0.588. The topological polar surface area (TPSA) is 47.3 Å². The molecule has 2 bridgehead atoms. The first-order chi connectivity index (χ1) is 8.33. The molecule has 0 radical (unpaired) electrons. The van der Waals surface area contributed by atoms with E-state index in [-0.39, 0.29) is 0 Å². The minimum atomic E-state index is 0.588. The lowest BCUT2D eigenvalue weighted by molar-refractivity contribution is 0.365. The molecule has 17 heavy (non-hydrogen) atoms.